The minimum Gasteiger partial charge on any atom is -0.493 e. The van der Waals surface area contributed by atoms with E-state index in [0.717, 1.165) is 16.8 Å². The predicted molar refractivity (Wildman–Crippen MR) is 106 cm³/mol. The molecule has 0 unspecified atom stereocenters. The predicted octanol–water partition coefficient (Wildman–Crippen LogP) is 2.87. The Morgan fingerprint density at radius 2 is 1.82 bits per heavy atom. The first kappa shape index (κ1) is 19.4. The molecule has 1 heterocycles. The van der Waals surface area contributed by atoms with Crippen molar-refractivity contribution in [2.24, 2.45) is 0 Å². The van der Waals surface area contributed by atoms with E-state index < -0.39 is 0 Å². The molecule has 0 spiro atoms. The summed E-state index contributed by atoms with van der Waals surface area (Å²) < 4.78 is 12.2. The molecule has 28 heavy (non-hydrogen) atoms. The first-order chi connectivity index (χ1) is 13.5. The van der Waals surface area contributed by atoms with Gasteiger partial charge < -0.3 is 14.8 Å². The molecule has 0 radical (unpaired) electrons. The summed E-state index contributed by atoms with van der Waals surface area (Å²) in [6.07, 6.45) is 0.656. The second kappa shape index (κ2) is 8.56. The van der Waals surface area contributed by atoms with Gasteiger partial charge in [-0.25, -0.2) is 9.67 Å². The number of aromatic nitrogens is 3. The van der Waals surface area contributed by atoms with Crippen LogP contribution in [0.2, 0.25) is 0 Å². The van der Waals surface area contributed by atoms with Crippen LogP contribution in [0.4, 0.5) is 0 Å². The molecule has 2 aromatic carbocycles. The van der Waals surface area contributed by atoms with Gasteiger partial charge in [0.15, 0.2) is 11.5 Å². The average Bonchev–Trinajstić information content (AvgIpc) is 3.09. The Hall–Kier alpha value is -3.35. The molecular formula is C21H24N4O3. The number of nitrogens with zero attached hydrogens (tertiary/aromatic N) is 3. The minimum absolute atomic E-state index is 0.160. The van der Waals surface area contributed by atoms with E-state index in [1.807, 2.05) is 56.3 Å². The number of aryl methyl sites for hydroxylation is 2. The molecule has 3 rings (SSSR count). The topological polar surface area (TPSA) is 78.3 Å². The van der Waals surface area contributed by atoms with E-state index in [1.54, 1.807) is 18.9 Å². The number of carbonyl (C=O) groups excluding carboxylic acids is 1. The fourth-order valence-corrected chi connectivity index (χ4v) is 2.95. The molecule has 1 amide bonds. The summed E-state index contributed by atoms with van der Waals surface area (Å²) in [7, 11) is 3.20. The van der Waals surface area contributed by atoms with E-state index in [1.165, 1.54) is 0 Å². The van der Waals surface area contributed by atoms with Crippen molar-refractivity contribution in [3.8, 4) is 17.2 Å². The highest BCUT2D eigenvalue weighted by atomic mass is 16.5. The van der Waals surface area contributed by atoms with Crippen LogP contribution >= 0.6 is 0 Å². The summed E-state index contributed by atoms with van der Waals surface area (Å²) in [5, 5.41) is 7.24. The number of para-hydroxylation sites is 1. The van der Waals surface area contributed by atoms with Crippen LogP contribution < -0.4 is 14.8 Å². The lowest BCUT2D eigenvalue weighted by atomic mass is 10.1. The van der Waals surface area contributed by atoms with Gasteiger partial charge in [-0.15, -0.1) is 5.10 Å². The SMILES string of the molecule is COc1ccc(CCNC(=O)c2nc(C)n(-c3ccccc3C)n2)cc1OC. The van der Waals surface area contributed by atoms with Gasteiger partial charge in [0.2, 0.25) is 5.82 Å². The molecule has 1 aromatic heterocycles. The Labute approximate surface area is 164 Å². The maximum Gasteiger partial charge on any atom is 0.290 e. The summed E-state index contributed by atoms with van der Waals surface area (Å²) in [5.41, 5.74) is 3.01. The van der Waals surface area contributed by atoms with Gasteiger partial charge in [-0.1, -0.05) is 24.3 Å². The molecule has 146 valence electrons. The molecule has 1 N–H and O–H groups in total. The van der Waals surface area contributed by atoms with E-state index in [4.69, 9.17) is 9.47 Å². The lowest BCUT2D eigenvalue weighted by Crippen LogP contribution is -2.27. The van der Waals surface area contributed by atoms with Crippen LogP contribution in [0.15, 0.2) is 42.5 Å². The van der Waals surface area contributed by atoms with Gasteiger partial charge in [0.05, 0.1) is 19.9 Å². The van der Waals surface area contributed by atoms with Crippen LogP contribution in [0.5, 0.6) is 11.5 Å². The molecule has 0 aliphatic rings. The normalized spacial score (nSPS) is 10.6. The van der Waals surface area contributed by atoms with Gasteiger partial charge in [0.1, 0.15) is 5.82 Å². The van der Waals surface area contributed by atoms with E-state index in [2.05, 4.69) is 15.4 Å². The second-order valence-electron chi connectivity index (χ2n) is 6.38. The van der Waals surface area contributed by atoms with Crippen molar-refractivity contribution in [3.05, 3.63) is 65.2 Å². The molecule has 0 saturated carbocycles. The molecule has 0 bridgehead atoms. The van der Waals surface area contributed by atoms with Crippen molar-refractivity contribution in [1.82, 2.24) is 20.1 Å². The Balaban J connectivity index is 1.65. The van der Waals surface area contributed by atoms with Gasteiger partial charge in [-0.2, -0.15) is 0 Å². The molecule has 0 saturated heterocycles. The molecule has 7 nitrogen and oxygen atoms in total. The van der Waals surface area contributed by atoms with Gasteiger partial charge >= 0.3 is 0 Å². The average molecular weight is 380 g/mol. The van der Waals surface area contributed by atoms with E-state index >= 15 is 0 Å². The molecule has 3 aromatic rings. The molecule has 0 aliphatic heterocycles. The highest BCUT2D eigenvalue weighted by Gasteiger charge is 2.15. The lowest BCUT2D eigenvalue weighted by molar-refractivity contribution is 0.0944. The zero-order valence-corrected chi connectivity index (χ0v) is 16.5. The number of hydrogen-bond donors (Lipinski definition) is 1. The highest BCUT2D eigenvalue weighted by molar-refractivity contribution is 5.90. The van der Waals surface area contributed by atoms with Crippen LogP contribution in [0.3, 0.4) is 0 Å². The number of amides is 1. The van der Waals surface area contributed by atoms with E-state index in [9.17, 15) is 4.79 Å². The minimum atomic E-state index is -0.295. The van der Waals surface area contributed by atoms with Crippen molar-refractivity contribution in [1.29, 1.82) is 0 Å². The Morgan fingerprint density at radius 1 is 1.07 bits per heavy atom. The third kappa shape index (κ3) is 4.14. The Kier molecular flexibility index (Phi) is 5.93. The number of carbonyl (C=O) groups is 1. The van der Waals surface area contributed by atoms with Gasteiger partial charge in [0.25, 0.3) is 5.91 Å². The zero-order valence-electron chi connectivity index (χ0n) is 16.5. The monoisotopic (exact) mass is 380 g/mol. The van der Waals surface area contributed by atoms with Gasteiger partial charge in [0, 0.05) is 6.54 Å². The van der Waals surface area contributed by atoms with E-state index in [0.29, 0.717) is 30.3 Å². The summed E-state index contributed by atoms with van der Waals surface area (Å²) in [6, 6.07) is 13.6. The smallest absolute Gasteiger partial charge is 0.290 e. The van der Waals surface area contributed by atoms with Crippen LogP contribution in [0.25, 0.3) is 5.69 Å². The number of hydrogen-bond acceptors (Lipinski definition) is 5. The van der Waals surface area contributed by atoms with Crippen LogP contribution in [0, 0.1) is 13.8 Å². The lowest BCUT2D eigenvalue weighted by Gasteiger charge is -2.09. The third-order valence-electron chi connectivity index (χ3n) is 4.46. The highest BCUT2D eigenvalue weighted by Crippen LogP contribution is 2.27. The number of rotatable bonds is 7. The first-order valence-corrected chi connectivity index (χ1v) is 9.02. The first-order valence-electron chi connectivity index (χ1n) is 9.02. The maximum atomic E-state index is 12.4. The fraction of sp³-hybridized carbons (Fsp3) is 0.286. The van der Waals surface area contributed by atoms with Crippen LogP contribution in [0.1, 0.15) is 27.6 Å². The number of methoxy groups -OCH3 is 2. The van der Waals surface area contributed by atoms with Crippen molar-refractivity contribution >= 4 is 5.91 Å². The van der Waals surface area contributed by atoms with E-state index in [-0.39, 0.29) is 11.7 Å². The van der Waals surface area contributed by atoms with Crippen LogP contribution in [-0.2, 0) is 6.42 Å². The molecule has 0 fully saturated rings. The summed E-state index contributed by atoms with van der Waals surface area (Å²) in [5.74, 6) is 1.88. The van der Waals surface area contributed by atoms with Crippen molar-refractivity contribution in [2.75, 3.05) is 20.8 Å². The summed E-state index contributed by atoms with van der Waals surface area (Å²) in [6.45, 7) is 4.30. The Bertz CT molecular complexity index is 982. The molecular weight excluding hydrogens is 356 g/mol. The maximum absolute atomic E-state index is 12.4. The number of nitrogens with one attached hydrogen (secondary N) is 1. The van der Waals surface area contributed by atoms with Crippen LogP contribution in [-0.4, -0.2) is 41.4 Å². The number of benzene rings is 2. The third-order valence-corrected chi connectivity index (χ3v) is 4.46. The largest absolute Gasteiger partial charge is 0.493 e. The standard InChI is InChI=1S/C21H24N4O3/c1-14-7-5-6-8-17(14)25-15(2)23-20(24-25)21(26)22-12-11-16-9-10-18(27-3)19(13-16)28-4/h5-10,13H,11-12H2,1-4H3,(H,22,26). The molecule has 0 atom stereocenters. The fourth-order valence-electron chi connectivity index (χ4n) is 2.95. The zero-order chi connectivity index (χ0) is 20.1. The molecule has 7 heteroatoms. The van der Waals surface area contributed by atoms with Gasteiger partial charge in [-0.05, 0) is 49.6 Å². The summed E-state index contributed by atoms with van der Waals surface area (Å²) in [4.78, 5) is 16.8. The Morgan fingerprint density at radius 3 is 2.54 bits per heavy atom. The molecule has 0 aliphatic carbocycles. The van der Waals surface area contributed by atoms with Crippen molar-refractivity contribution < 1.29 is 14.3 Å². The van der Waals surface area contributed by atoms with Crippen molar-refractivity contribution in [2.45, 2.75) is 20.3 Å². The van der Waals surface area contributed by atoms with Gasteiger partial charge in [-0.3, -0.25) is 4.79 Å². The quantitative estimate of drug-likeness (QED) is 0.682. The second-order valence-corrected chi connectivity index (χ2v) is 6.38. The number of ether oxygens (including phenoxy) is 2. The summed E-state index contributed by atoms with van der Waals surface area (Å²) >= 11 is 0. The van der Waals surface area contributed by atoms with Crippen molar-refractivity contribution in [3.63, 3.8) is 0 Å².